The maximum atomic E-state index is 12.8. The Balaban J connectivity index is 1.26. The van der Waals surface area contributed by atoms with E-state index >= 15 is 0 Å². The van der Waals surface area contributed by atoms with E-state index in [0.717, 1.165) is 58.3 Å². The standard InChI is InChI=1S/C21H30N4O2/c26-20(15-24-12-9-17-6-1-2-8-19(17)24)25-11-4-5-16(14-25)13-23-21(27)18-7-3-10-22-18/h1-2,6,8,16,18,22H,3-5,7,9-15H2,(H,23,27). The Labute approximate surface area is 161 Å². The maximum Gasteiger partial charge on any atom is 0.242 e. The van der Waals surface area contributed by atoms with Crippen LogP contribution in [0.5, 0.6) is 0 Å². The second-order valence-corrected chi connectivity index (χ2v) is 8.04. The number of likely N-dealkylation sites (tertiary alicyclic amines) is 1. The molecule has 6 heteroatoms. The van der Waals surface area contributed by atoms with Gasteiger partial charge < -0.3 is 20.4 Å². The molecule has 4 rings (SSSR count). The molecule has 6 nitrogen and oxygen atoms in total. The molecule has 146 valence electrons. The molecule has 0 radical (unpaired) electrons. The molecule has 0 spiro atoms. The van der Waals surface area contributed by atoms with Crippen LogP contribution in [0, 0.1) is 5.92 Å². The number of benzene rings is 1. The smallest absolute Gasteiger partial charge is 0.242 e. The van der Waals surface area contributed by atoms with E-state index in [1.807, 2.05) is 11.0 Å². The third-order valence-corrected chi connectivity index (χ3v) is 6.12. The fourth-order valence-electron chi connectivity index (χ4n) is 4.57. The van der Waals surface area contributed by atoms with Crippen molar-refractivity contribution in [2.45, 2.75) is 38.1 Å². The number of hydrogen-bond donors (Lipinski definition) is 2. The van der Waals surface area contributed by atoms with Gasteiger partial charge >= 0.3 is 0 Å². The van der Waals surface area contributed by atoms with Crippen molar-refractivity contribution in [1.82, 2.24) is 15.5 Å². The van der Waals surface area contributed by atoms with Crippen LogP contribution in [0.1, 0.15) is 31.2 Å². The van der Waals surface area contributed by atoms with Crippen molar-refractivity contribution in [2.75, 3.05) is 44.2 Å². The molecule has 1 aromatic rings. The fraction of sp³-hybridized carbons (Fsp3) is 0.619. The van der Waals surface area contributed by atoms with Crippen molar-refractivity contribution >= 4 is 17.5 Å². The Morgan fingerprint density at radius 3 is 2.89 bits per heavy atom. The minimum atomic E-state index is -0.0263. The van der Waals surface area contributed by atoms with Gasteiger partial charge in [0, 0.05) is 31.9 Å². The molecule has 2 saturated heterocycles. The normalized spacial score (nSPS) is 24.7. The van der Waals surface area contributed by atoms with Gasteiger partial charge in [-0.15, -0.1) is 0 Å². The van der Waals surface area contributed by atoms with Crippen LogP contribution in [0.15, 0.2) is 24.3 Å². The van der Waals surface area contributed by atoms with Gasteiger partial charge in [-0.1, -0.05) is 18.2 Å². The average Bonchev–Trinajstić information content (AvgIpc) is 3.37. The van der Waals surface area contributed by atoms with Crippen LogP contribution >= 0.6 is 0 Å². The zero-order chi connectivity index (χ0) is 18.6. The molecule has 0 saturated carbocycles. The first kappa shape index (κ1) is 18.3. The molecule has 0 aliphatic carbocycles. The van der Waals surface area contributed by atoms with Crippen molar-refractivity contribution in [3.8, 4) is 0 Å². The lowest BCUT2D eigenvalue weighted by atomic mass is 9.97. The van der Waals surface area contributed by atoms with Crippen molar-refractivity contribution in [1.29, 1.82) is 0 Å². The fourth-order valence-corrected chi connectivity index (χ4v) is 4.57. The summed E-state index contributed by atoms with van der Waals surface area (Å²) in [6.45, 7) is 4.58. The summed E-state index contributed by atoms with van der Waals surface area (Å²) < 4.78 is 0. The number of amides is 2. The number of hydrogen-bond acceptors (Lipinski definition) is 4. The number of nitrogens with zero attached hydrogens (tertiary/aromatic N) is 2. The van der Waals surface area contributed by atoms with Crippen LogP contribution in [0.25, 0.3) is 0 Å². The Morgan fingerprint density at radius 1 is 1.15 bits per heavy atom. The first-order valence-corrected chi connectivity index (χ1v) is 10.3. The van der Waals surface area contributed by atoms with E-state index in [2.05, 4.69) is 33.7 Å². The van der Waals surface area contributed by atoms with Crippen molar-refractivity contribution < 1.29 is 9.59 Å². The number of fused-ring (bicyclic) bond motifs is 1. The lowest BCUT2D eigenvalue weighted by molar-refractivity contribution is -0.131. The SMILES string of the molecule is O=C(NCC1CCCN(C(=O)CN2CCc3ccccc32)C1)C1CCCN1. The molecule has 2 atom stereocenters. The Kier molecular flexibility index (Phi) is 5.62. The quantitative estimate of drug-likeness (QED) is 0.816. The summed E-state index contributed by atoms with van der Waals surface area (Å²) in [7, 11) is 0. The second-order valence-electron chi connectivity index (χ2n) is 8.04. The van der Waals surface area contributed by atoms with Crippen LogP contribution in [0.2, 0.25) is 0 Å². The topological polar surface area (TPSA) is 64.7 Å². The molecule has 3 aliphatic rings. The monoisotopic (exact) mass is 370 g/mol. The lowest BCUT2D eigenvalue weighted by Gasteiger charge is -2.34. The summed E-state index contributed by atoms with van der Waals surface area (Å²) in [5.74, 6) is 0.684. The molecular formula is C21H30N4O2. The van der Waals surface area contributed by atoms with Crippen LogP contribution in [0.4, 0.5) is 5.69 Å². The number of para-hydroxylation sites is 1. The minimum Gasteiger partial charge on any atom is -0.362 e. The Hall–Kier alpha value is -2.08. The van der Waals surface area contributed by atoms with Crippen molar-refractivity contribution in [2.24, 2.45) is 5.92 Å². The van der Waals surface area contributed by atoms with E-state index < -0.39 is 0 Å². The molecule has 2 amide bonds. The number of carbonyl (C=O) groups is 2. The van der Waals surface area contributed by atoms with Gasteiger partial charge in [-0.25, -0.2) is 0 Å². The summed E-state index contributed by atoms with van der Waals surface area (Å²) in [5.41, 5.74) is 2.54. The van der Waals surface area contributed by atoms with Gasteiger partial charge in [-0.2, -0.15) is 0 Å². The van der Waals surface area contributed by atoms with E-state index in [1.54, 1.807) is 0 Å². The number of rotatable bonds is 5. The number of anilines is 1. The summed E-state index contributed by atoms with van der Waals surface area (Å²) in [6, 6.07) is 8.34. The summed E-state index contributed by atoms with van der Waals surface area (Å²) >= 11 is 0. The Morgan fingerprint density at radius 2 is 2.04 bits per heavy atom. The highest BCUT2D eigenvalue weighted by Crippen LogP contribution is 2.27. The third-order valence-electron chi connectivity index (χ3n) is 6.12. The molecule has 3 aliphatic heterocycles. The number of carbonyl (C=O) groups excluding carboxylic acids is 2. The molecule has 2 fully saturated rings. The highest BCUT2D eigenvalue weighted by molar-refractivity contribution is 5.83. The van der Waals surface area contributed by atoms with E-state index in [1.165, 1.54) is 11.3 Å². The average molecular weight is 370 g/mol. The minimum absolute atomic E-state index is 0.0263. The first-order valence-electron chi connectivity index (χ1n) is 10.3. The summed E-state index contributed by atoms with van der Waals surface area (Å²) in [4.78, 5) is 29.2. The molecule has 3 heterocycles. The molecule has 0 bridgehead atoms. The van der Waals surface area contributed by atoms with Crippen LogP contribution in [0.3, 0.4) is 0 Å². The van der Waals surface area contributed by atoms with Crippen molar-refractivity contribution in [3.63, 3.8) is 0 Å². The van der Waals surface area contributed by atoms with E-state index in [0.29, 0.717) is 19.0 Å². The van der Waals surface area contributed by atoms with E-state index in [-0.39, 0.29) is 17.9 Å². The highest BCUT2D eigenvalue weighted by Gasteiger charge is 2.28. The van der Waals surface area contributed by atoms with Crippen LogP contribution < -0.4 is 15.5 Å². The first-order chi connectivity index (χ1) is 13.2. The molecular weight excluding hydrogens is 340 g/mol. The van der Waals surface area contributed by atoms with E-state index in [9.17, 15) is 9.59 Å². The molecule has 2 unspecified atom stereocenters. The second kappa shape index (κ2) is 8.30. The number of nitrogens with one attached hydrogen (secondary N) is 2. The Bertz CT molecular complexity index is 687. The summed E-state index contributed by atoms with van der Waals surface area (Å²) in [5, 5.41) is 6.33. The van der Waals surface area contributed by atoms with Crippen LogP contribution in [-0.4, -0.2) is 62.0 Å². The van der Waals surface area contributed by atoms with Crippen LogP contribution in [-0.2, 0) is 16.0 Å². The molecule has 0 aromatic heterocycles. The number of piperidine rings is 1. The predicted octanol–water partition coefficient (Wildman–Crippen LogP) is 1.16. The van der Waals surface area contributed by atoms with Gasteiger partial charge in [0.15, 0.2) is 0 Å². The lowest BCUT2D eigenvalue weighted by Crippen LogP contribution is -2.48. The predicted molar refractivity (Wildman–Crippen MR) is 106 cm³/mol. The van der Waals surface area contributed by atoms with Gasteiger partial charge in [-0.05, 0) is 56.2 Å². The van der Waals surface area contributed by atoms with Gasteiger partial charge in [0.2, 0.25) is 11.8 Å². The maximum absolute atomic E-state index is 12.8. The zero-order valence-corrected chi connectivity index (χ0v) is 16.0. The van der Waals surface area contributed by atoms with Crippen molar-refractivity contribution in [3.05, 3.63) is 29.8 Å². The molecule has 1 aromatic carbocycles. The molecule has 2 N–H and O–H groups in total. The van der Waals surface area contributed by atoms with E-state index in [4.69, 9.17) is 0 Å². The summed E-state index contributed by atoms with van der Waals surface area (Å²) in [6.07, 6.45) is 5.12. The zero-order valence-electron chi connectivity index (χ0n) is 16.0. The largest absolute Gasteiger partial charge is 0.362 e. The van der Waals surface area contributed by atoms with Gasteiger partial charge in [0.1, 0.15) is 0 Å². The molecule has 27 heavy (non-hydrogen) atoms. The van der Waals surface area contributed by atoms with Gasteiger partial charge in [0.25, 0.3) is 0 Å². The van der Waals surface area contributed by atoms with Gasteiger partial charge in [-0.3, -0.25) is 9.59 Å². The third kappa shape index (κ3) is 4.26. The van der Waals surface area contributed by atoms with Gasteiger partial charge in [0.05, 0.1) is 12.6 Å². The highest BCUT2D eigenvalue weighted by atomic mass is 16.2.